The third-order valence-electron chi connectivity index (χ3n) is 1.69. The van der Waals surface area contributed by atoms with Crippen molar-refractivity contribution in [2.45, 2.75) is 0 Å². The quantitative estimate of drug-likeness (QED) is 0.641. The minimum absolute atomic E-state index is 0.104. The number of ketones is 1. The fourth-order valence-corrected chi connectivity index (χ4v) is 1.53. The molecule has 1 aromatic carbocycles. The molecule has 0 bridgehead atoms. The van der Waals surface area contributed by atoms with E-state index in [1.807, 2.05) is 24.3 Å². The van der Waals surface area contributed by atoms with Crippen molar-refractivity contribution < 1.29 is 4.79 Å². The Kier molecular flexibility index (Phi) is 1.43. The Bertz CT molecular complexity index is 353. The summed E-state index contributed by atoms with van der Waals surface area (Å²) in [6.07, 6.45) is 3.43. The summed E-state index contributed by atoms with van der Waals surface area (Å²) in [5.41, 5.74) is 1.80. The first-order valence-corrected chi connectivity index (χ1v) is 4.08. The van der Waals surface area contributed by atoms with E-state index in [9.17, 15) is 4.79 Å². The molecule has 0 atom stereocenters. The van der Waals surface area contributed by atoms with E-state index in [-0.39, 0.29) is 5.78 Å². The number of benzene rings is 1. The van der Waals surface area contributed by atoms with Crippen LogP contribution in [0.4, 0.5) is 0 Å². The van der Waals surface area contributed by atoms with Crippen molar-refractivity contribution >= 4 is 27.8 Å². The summed E-state index contributed by atoms with van der Waals surface area (Å²) >= 11 is 3.34. The van der Waals surface area contributed by atoms with E-state index in [1.165, 1.54) is 0 Å². The van der Waals surface area contributed by atoms with Crippen LogP contribution in [-0.4, -0.2) is 5.78 Å². The van der Waals surface area contributed by atoms with Crippen LogP contribution in [0.2, 0.25) is 0 Å². The molecule has 11 heavy (non-hydrogen) atoms. The fourth-order valence-electron chi connectivity index (χ4n) is 1.15. The van der Waals surface area contributed by atoms with Gasteiger partial charge in [0.25, 0.3) is 0 Å². The summed E-state index contributed by atoms with van der Waals surface area (Å²) in [5.74, 6) is 0.104. The first-order chi connectivity index (χ1) is 5.27. The van der Waals surface area contributed by atoms with E-state index in [4.69, 9.17) is 0 Å². The molecule has 0 aliphatic heterocycles. The van der Waals surface area contributed by atoms with Gasteiger partial charge in [-0.05, 0) is 29.8 Å². The maximum Gasteiger partial charge on any atom is 0.186 e. The van der Waals surface area contributed by atoms with Gasteiger partial charge >= 0.3 is 0 Å². The number of carbonyl (C=O) groups is 1. The average Bonchev–Trinajstić information content (AvgIpc) is 2.32. The van der Waals surface area contributed by atoms with Gasteiger partial charge in [-0.1, -0.05) is 22.0 Å². The van der Waals surface area contributed by atoms with Crippen LogP contribution in [0, 0.1) is 0 Å². The lowest BCUT2D eigenvalue weighted by atomic mass is 10.1. The van der Waals surface area contributed by atoms with Crippen molar-refractivity contribution in [3.05, 3.63) is 39.9 Å². The second-order valence-electron chi connectivity index (χ2n) is 2.43. The third kappa shape index (κ3) is 1.03. The van der Waals surface area contributed by atoms with Crippen molar-refractivity contribution in [3.63, 3.8) is 0 Å². The highest BCUT2D eigenvalue weighted by Gasteiger charge is 2.12. The number of fused-ring (bicyclic) bond motifs is 1. The van der Waals surface area contributed by atoms with Gasteiger partial charge in [0.1, 0.15) is 0 Å². The molecular weight excluding hydrogens is 204 g/mol. The monoisotopic (exact) mass is 208 g/mol. The van der Waals surface area contributed by atoms with E-state index < -0.39 is 0 Å². The van der Waals surface area contributed by atoms with Crippen LogP contribution < -0.4 is 0 Å². The van der Waals surface area contributed by atoms with Crippen molar-refractivity contribution in [1.29, 1.82) is 0 Å². The molecule has 54 valence electrons. The number of hydrogen-bond donors (Lipinski definition) is 0. The Hall–Kier alpha value is -0.890. The van der Waals surface area contributed by atoms with Crippen LogP contribution in [0.25, 0.3) is 6.08 Å². The van der Waals surface area contributed by atoms with Crippen molar-refractivity contribution in [1.82, 2.24) is 0 Å². The van der Waals surface area contributed by atoms with Crippen LogP contribution in [0.1, 0.15) is 15.9 Å². The minimum Gasteiger partial charge on any atom is -0.289 e. The molecule has 0 spiro atoms. The van der Waals surface area contributed by atoms with Gasteiger partial charge < -0.3 is 0 Å². The number of allylic oxidation sites excluding steroid dienone is 1. The van der Waals surface area contributed by atoms with E-state index >= 15 is 0 Å². The largest absolute Gasteiger partial charge is 0.289 e. The lowest BCUT2D eigenvalue weighted by molar-refractivity contribution is 0.105. The second-order valence-corrected chi connectivity index (χ2v) is 3.34. The summed E-state index contributed by atoms with van der Waals surface area (Å²) in [6.45, 7) is 0. The Morgan fingerprint density at radius 3 is 2.82 bits per heavy atom. The topological polar surface area (TPSA) is 17.1 Å². The van der Waals surface area contributed by atoms with E-state index in [1.54, 1.807) is 6.08 Å². The number of hydrogen-bond acceptors (Lipinski definition) is 1. The smallest absolute Gasteiger partial charge is 0.186 e. The van der Waals surface area contributed by atoms with Gasteiger partial charge in [-0.25, -0.2) is 0 Å². The van der Waals surface area contributed by atoms with Crippen LogP contribution in [0.15, 0.2) is 28.7 Å². The summed E-state index contributed by atoms with van der Waals surface area (Å²) in [4.78, 5) is 11.1. The first-order valence-electron chi connectivity index (χ1n) is 3.29. The third-order valence-corrected chi connectivity index (χ3v) is 2.19. The molecule has 1 nitrogen and oxygen atoms in total. The normalized spacial score (nSPS) is 13.7. The van der Waals surface area contributed by atoms with E-state index in [2.05, 4.69) is 15.9 Å². The Morgan fingerprint density at radius 1 is 1.18 bits per heavy atom. The zero-order chi connectivity index (χ0) is 7.84. The molecule has 0 fully saturated rings. The first kappa shape index (κ1) is 6.80. The molecule has 0 unspecified atom stereocenters. The molecule has 0 heterocycles. The predicted molar refractivity (Wildman–Crippen MR) is 47.5 cm³/mol. The van der Waals surface area contributed by atoms with Gasteiger partial charge in [0.2, 0.25) is 0 Å². The van der Waals surface area contributed by atoms with Crippen LogP contribution >= 0.6 is 15.9 Å². The minimum atomic E-state index is 0.104. The predicted octanol–water partition coefficient (Wildman–Crippen LogP) is 2.66. The molecule has 0 N–H and O–H groups in total. The zero-order valence-corrected chi connectivity index (χ0v) is 7.26. The maximum absolute atomic E-state index is 11.1. The fraction of sp³-hybridized carbons (Fsp3) is 0. The van der Waals surface area contributed by atoms with Gasteiger partial charge in [0, 0.05) is 10.0 Å². The van der Waals surface area contributed by atoms with Crippen molar-refractivity contribution in [3.8, 4) is 0 Å². The Labute approximate surface area is 72.9 Å². The molecule has 0 aromatic heterocycles. The molecular formula is C9H5BrO. The highest BCUT2D eigenvalue weighted by Crippen LogP contribution is 2.22. The molecule has 1 aliphatic carbocycles. The molecule has 0 radical (unpaired) electrons. The van der Waals surface area contributed by atoms with Gasteiger partial charge in [0.15, 0.2) is 5.78 Å². The SMILES string of the molecule is O=C1C=Cc2cc(Br)ccc21. The van der Waals surface area contributed by atoms with Gasteiger partial charge in [-0.3, -0.25) is 4.79 Å². The van der Waals surface area contributed by atoms with Crippen molar-refractivity contribution in [2.75, 3.05) is 0 Å². The highest BCUT2D eigenvalue weighted by atomic mass is 79.9. The Morgan fingerprint density at radius 2 is 2.00 bits per heavy atom. The molecule has 1 aromatic rings. The van der Waals surface area contributed by atoms with Crippen molar-refractivity contribution in [2.24, 2.45) is 0 Å². The molecule has 0 saturated carbocycles. The molecule has 2 rings (SSSR count). The van der Waals surface area contributed by atoms with Gasteiger partial charge in [0.05, 0.1) is 0 Å². The second kappa shape index (κ2) is 2.31. The van der Waals surface area contributed by atoms with Crippen LogP contribution in [0.3, 0.4) is 0 Å². The zero-order valence-electron chi connectivity index (χ0n) is 5.67. The van der Waals surface area contributed by atoms with Gasteiger partial charge in [-0.15, -0.1) is 0 Å². The maximum atomic E-state index is 11.1. The van der Waals surface area contributed by atoms with Crippen LogP contribution in [-0.2, 0) is 0 Å². The summed E-state index contributed by atoms with van der Waals surface area (Å²) < 4.78 is 1.01. The van der Waals surface area contributed by atoms with Crippen LogP contribution in [0.5, 0.6) is 0 Å². The number of rotatable bonds is 0. The standard InChI is InChI=1S/C9H5BrO/c10-7-2-3-8-6(5-7)1-4-9(8)11/h1-5H. The molecule has 0 saturated heterocycles. The number of halogens is 1. The van der Waals surface area contributed by atoms with E-state index in [0.717, 1.165) is 15.6 Å². The summed E-state index contributed by atoms with van der Waals surface area (Å²) in [7, 11) is 0. The highest BCUT2D eigenvalue weighted by molar-refractivity contribution is 9.10. The summed E-state index contributed by atoms with van der Waals surface area (Å²) in [5, 5.41) is 0. The summed E-state index contributed by atoms with van der Waals surface area (Å²) in [6, 6.07) is 5.65. The average molecular weight is 209 g/mol. The lowest BCUT2D eigenvalue weighted by Gasteiger charge is -1.95. The molecule has 1 aliphatic rings. The number of carbonyl (C=O) groups excluding carboxylic acids is 1. The Balaban J connectivity index is 2.66. The lowest BCUT2D eigenvalue weighted by Crippen LogP contribution is -1.89. The van der Waals surface area contributed by atoms with Gasteiger partial charge in [-0.2, -0.15) is 0 Å². The van der Waals surface area contributed by atoms with E-state index in [0.29, 0.717) is 0 Å². The molecule has 0 amide bonds. The molecule has 2 heteroatoms.